The van der Waals surface area contributed by atoms with Crippen molar-refractivity contribution < 1.29 is 13.5 Å². The largest absolute Gasteiger partial charge is 0.497 e. The number of hydrogen-bond acceptors (Lipinski definition) is 4. The molecule has 0 saturated carbocycles. The molecule has 2 heterocycles. The van der Waals surface area contributed by atoms with Gasteiger partial charge in [0.2, 0.25) is 0 Å². The second kappa shape index (κ2) is 11.3. The van der Waals surface area contributed by atoms with Crippen LogP contribution in [0.5, 0.6) is 5.75 Å². The number of aromatic nitrogens is 2. The van der Waals surface area contributed by atoms with Gasteiger partial charge in [-0.3, -0.25) is 4.99 Å². The molecule has 1 unspecified atom stereocenters. The van der Waals surface area contributed by atoms with Crippen molar-refractivity contribution in [2.24, 2.45) is 4.99 Å². The van der Waals surface area contributed by atoms with E-state index in [1.54, 1.807) is 18.8 Å². The highest BCUT2D eigenvalue weighted by molar-refractivity contribution is 14.0. The van der Waals surface area contributed by atoms with Gasteiger partial charge in [-0.2, -0.15) is 5.10 Å². The van der Waals surface area contributed by atoms with Gasteiger partial charge in [0.15, 0.2) is 5.96 Å². The molecular formula is C23H27F2IN6O. The summed E-state index contributed by atoms with van der Waals surface area (Å²) >= 11 is 0. The number of hydrogen-bond donors (Lipinski definition) is 2. The van der Waals surface area contributed by atoms with Crippen LogP contribution in [0.15, 0.2) is 59.7 Å². The number of nitrogens with one attached hydrogen (secondary N) is 2. The second-order valence-corrected chi connectivity index (χ2v) is 7.55. The zero-order valence-electron chi connectivity index (χ0n) is 18.5. The summed E-state index contributed by atoms with van der Waals surface area (Å²) in [5.74, 6) is 0.334. The van der Waals surface area contributed by atoms with Crippen LogP contribution >= 0.6 is 24.0 Å². The van der Waals surface area contributed by atoms with Gasteiger partial charge >= 0.3 is 0 Å². The van der Waals surface area contributed by atoms with Crippen LogP contribution in [0.3, 0.4) is 0 Å². The number of methoxy groups -OCH3 is 1. The molecule has 0 radical (unpaired) electrons. The van der Waals surface area contributed by atoms with Crippen LogP contribution in [0.4, 0.5) is 14.5 Å². The molecule has 7 nitrogen and oxygen atoms in total. The molecule has 2 N–H and O–H groups in total. The second-order valence-electron chi connectivity index (χ2n) is 7.55. The van der Waals surface area contributed by atoms with Crippen LogP contribution in [0.25, 0.3) is 5.69 Å². The molecule has 1 atom stereocenters. The highest BCUT2D eigenvalue weighted by atomic mass is 127. The molecule has 0 amide bonds. The fraction of sp³-hybridized carbons (Fsp3) is 0.304. The van der Waals surface area contributed by atoms with Crippen molar-refractivity contribution in [2.45, 2.75) is 19.0 Å². The minimum atomic E-state index is -0.570. The zero-order valence-corrected chi connectivity index (χ0v) is 20.8. The van der Waals surface area contributed by atoms with E-state index in [4.69, 9.17) is 4.74 Å². The molecule has 1 saturated heterocycles. The van der Waals surface area contributed by atoms with Crippen molar-refractivity contribution in [1.82, 2.24) is 20.4 Å². The van der Waals surface area contributed by atoms with Crippen LogP contribution in [0.2, 0.25) is 0 Å². The summed E-state index contributed by atoms with van der Waals surface area (Å²) in [6.45, 7) is 1.80. The van der Waals surface area contributed by atoms with Crippen LogP contribution in [-0.2, 0) is 6.54 Å². The molecule has 1 aliphatic rings. The number of rotatable bonds is 6. The van der Waals surface area contributed by atoms with Gasteiger partial charge in [0, 0.05) is 38.4 Å². The van der Waals surface area contributed by atoms with E-state index in [-0.39, 0.29) is 30.0 Å². The SMILES string of the molecule is CN=C(NCc1ccn(-c2ccc(OC)cc2)n1)NC1CCN(c2ccc(F)cc2F)C1.I. The molecule has 1 aromatic heterocycles. The lowest BCUT2D eigenvalue weighted by Gasteiger charge is -2.20. The summed E-state index contributed by atoms with van der Waals surface area (Å²) in [4.78, 5) is 6.19. The minimum absolute atomic E-state index is 0. The Morgan fingerprint density at radius 1 is 1.18 bits per heavy atom. The average molecular weight is 568 g/mol. The molecule has 1 aliphatic heterocycles. The topological polar surface area (TPSA) is 66.7 Å². The standard InChI is InChI=1S/C23H26F2N6O.HI/c1-26-23(28-18-9-11-30(15-18)22-8-3-16(24)13-21(22)25)27-14-17-10-12-31(29-17)19-4-6-20(32-2)7-5-19;/h3-8,10,12-13,18H,9,11,14-15H2,1-2H3,(H2,26,27,28);1H. The number of halogens is 3. The summed E-state index contributed by atoms with van der Waals surface area (Å²) < 4.78 is 34.2. The Bertz CT molecular complexity index is 1090. The lowest BCUT2D eigenvalue weighted by Crippen LogP contribution is -2.44. The Balaban J connectivity index is 0.00000306. The van der Waals surface area contributed by atoms with E-state index in [2.05, 4.69) is 20.7 Å². The Morgan fingerprint density at radius 3 is 2.67 bits per heavy atom. The summed E-state index contributed by atoms with van der Waals surface area (Å²) in [6.07, 6.45) is 2.73. The van der Waals surface area contributed by atoms with E-state index in [1.165, 1.54) is 12.1 Å². The molecule has 176 valence electrons. The van der Waals surface area contributed by atoms with Crippen LogP contribution in [0, 0.1) is 11.6 Å². The lowest BCUT2D eigenvalue weighted by atomic mass is 10.2. The Kier molecular flexibility index (Phi) is 8.48. The fourth-order valence-corrected chi connectivity index (χ4v) is 3.73. The monoisotopic (exact) mass is 568 g/mol. The van der Waals surface area contributed by atoms with Crippen molar-refractivity contribution >= 4 is 35.6 Å². The van der Waals surface area contributed by atoms with Gasteiger partial charge in [-0.1, -0.05) is 0 Å². The first-order valence-corrected chi connectivity index (χ1v) is 10.4. The molecule has 0 spiro atoms. The predicted octanol–water partition coefficient (Wildman–Crippen LogP) is 3.72. The first-order chi connectivity index (χ1) is 15.6. The van der Waals surface area contributed by atoms with Gasteiger partial charge in [-0.05, 0) is 48.9 Å². The maximum atomic E-state index is 14.1. The fourth-order valence-electron chi connectivity index (χ4n) is 3.73. The molecule has 4 rings (SSSR count). The van der Waals surface area contributed by atoms with E-state index < -0.39 is 11.6 Å². The van der Waals surface area contributed by atoms with Crippen molar-refractivity contribution in [3.8, 4) is 11.4 Å². The minimum Gasteiger partial charge on any atom is -0.497 e. The number of benzene rings is 2. The smallest absolute Gasteiger partial charge is 0.191 e. The van der Waals surface area contributed by atoms with Gasteiger partial charge in [-0.25, -0.2) is 13.5 Å². The third kappa shape index (κ3) is 6.12. The normalized spacial score (nSPS) is 15.8. The molecule has 33 heavy (non-hydrogen) atoms. The average Bonchev–Trinajstić information content (AvgIpc) is 3.46. The van der Waals surface area contributed by atoms with Gasteiger partial charge < -0.3 is 20.3 Å². The molecule has 1 fully saturated rings. The van der Waals surface area contributed by atoms with Crippen LogP contribution in [0.1, 0.15) is 12.1 Å². The highest BCUT2D eigenvalue weighted by Crippen LogP contribution is 2.24. The molecular weight excluding hydrogens is 541 g/mol. The van der Waals surface area contributed by atoms with E-state index >= 15 is 0 Å². The van der Waals surface area contributed by atoms with E-state index in [9.17, 15) is 8.78 Å². The van der Waals surface area contributed by atoms with Crippen molar-refractivity contribution in [3.63, 3.8) is 0 Å². The third-order valence-corrected chi connectivity index (χ3v) is 5.42. The van der Waals surface area contributed by atoms with Gasteiger partial charge in [0.1, 0.15) is 17.4 Å². The quantitative estimate of drug-likeness (QED) is 0.270. The van der Waals surface area contributed by atoms with Crippen LogP contribution in [-0.4, -0.2) is 49.0 Å². The van der Waals surface area contributed by atoms with E-state index in [0.717, 1.165) is 29.6 Å². The van der Waals surface area contributed by atoms with E-state index in [0.29, 0.717) is 31.3 Å². The molecule has 0 aliphatic carbocycles. The lowest BCUT2D eigenvalue weighted by molar-refractivity contribution is 0.414. The number of nitrogens with zero attached hydrogens (tertiary/aromatic N) is 4. The summed E-state index contributed by atoms with van der Waals surface area (Å²) in [7, 11) is 3.34. The first kappa shape index (κ1) is 24.7. The molecule has 10 heteroatoms. The number of anilines is 1. The Labute approximate surface area is 208 Å². The highest BCUT2D eigenvalue weighted by Gasteiger charge is 2.25. The number of guanidine groups is 1. The van der Waals surface area contributed by atoms with Crippen molar-refractivity contribution in [3.05, 3.63) is 72.1 Å². The van der Waals surface area contributed by atoms with Crippen LogP contribution < -0.4 is 20.3 Å². The maximum Gasteiger partial charge on any atom is 0.191 e. The summed E-state index contributed by atoms with van der Waals surface area (Å²) in [5.41, 5.74) is 2.23. The van der Waals surface area contributed by atoms with Crippen molar-refractivity contribution in [2.75, 3.05) is 32.1 Å². The molecule has 0 bridgehead atoms. The maximum absolute atomic E-state index is 14.1. The zero-order chi connectivity index (χ0) is 22.5. The third-order valence-electron chi connectivity index (χ3n) is 5.42. The van der Waals surface area contributed by atoms with E-state index in [1.807, 2.05) is 41.4 Å². The Morgan fingerprint density at radius 2 is 1.97 bits per heavy atom. The van der Waals surface area contributed by atoms with Gasteiger partial charge in [0.25, 0.3) is 0 Å². The number of aliphatic imine (C=N–C) groups is 1. The predicted molar refractivity (Wildman–Crippen MR) is 136 cm³/mol. The number of ether oxygens (including phenoxy) is 1. The van der Waals surface area contributed by atoms with Gasteiger partial charge in [-0.15, -0.1) is 24.0 Å². The molecule has 3 aromatic rings. The van der Waals surface area contributed by atoms with Gasteiger partial charge in [0.05, 0.1) is 30.7 Å². The Hall–Kier alpha value is -2.89. The summed E-state index contributed by atoms with van der Waals surface area (Å²) in [5, 5.41) is 11.2. The first-order valence-electron chi connectivity index (χ1n) is 10.4. The molecule has 2 aromatic carbocycles. The summed E-state index contributed by atoms with van der Waals surface area (Å²) in [6, 6.07) is 13.4. The van der Waals surface area contributed by atoms with Crippen molar-refractivity contribution in [1.29, 1.82) is 0 Å².